The maximum absolute atomic E-state index is 5.64. The highest BCUT2D eigenvalue weighted by atomic mass is 32.2. The van der Waals surface area contributed by atoms with Gasteiger partial charge in [-0.3, -0.25) is 4.90 Å². The Morgan fingerprint density at radius 2 is 2.05 bits per heavy atom. The molecule has 3 aromatic heterocycles. The second-order valence-electron chi connectivity index (χ2n) is 4.75. The number of hydrogen-bond acceptors (Lipinski definition) is 9. The van der Waals surface area contributed by atoms with Crippen LogP contribution in [0.25, 0.3) is 5.65 Å². The first-order valence-corrected chi connectivity index (χ1v) is 7.46. The van der Waals surface area contributed by atoms with Crippen LogP contribution in [0.5, 0.6) is 0 Å². The zero-order valence-corrected chi connectivity index (χ0v) is 11.9. The lowest BCUT2D eigenvalue weighted by molar-refractivity contribution is 0.278. The van der Waals surface area contributed by atoms with Crippen LogP contribution in [0, 0.1) is 0 Å². The number of aromatic nitrogens is 7. The molecule has 9 nitrogen and oxygen atoms in total. The molecule has 4 heterocycles. The number of fused-ring (bicyclic) bond motifs is 1. The van der Waals surface area contributed by atoms with Crippen LogP contribution in [0.4, 0.5) is 0 Å². The van der Waals surface area contributed by atoms with Crippen LogP contribution < -0.4 is 0 Å². The van der Waals surface area contributed by atoms with E-state index in [2.05, 4.69) is 35.7 Å². The zero-order chi connectivity index (χ0) is 14.1. The van der Waals surface area contributed by atoms with Gasteiger partial charge >= 0.3 is 0 Å². The molecule has 0 saturated carbocycles. The van der Waals surface area contributed by atoms with Gasteiger partial charge in [-0.05, 0) is 60.3 Å². The van der Waals surface area contributed by atoms with Crippen molar-refractivity contribution >= 4 is 17.4 Å². The first-order valence-electron chi connectivity index (χ1n) is 6.65. The van der Waals surface area contributed by atoms with Crippen molar-refractivity contribution in [1.29, 1.82) is 0 Å². The van der Waals surface area contributed by atoms with Gasteiger partial charge in [0.05, 0.1) is 6.54 Å². The van der Waals surface area contributed by atoms with Crippen LogP contribution in [0.2, 0.25) is 0 Å². The molecular weight excluding hydrogens is 292 g/mol. The molecule has 0 unspecified atom stereocenters. The van der Waals surface area contributed by atoms with Gasteiger partial charge in [-0.15, -0.1) is 25.0 Å². The highest BCUT2D eigenvalue weighted by Gasteiger charge is 2.16. The van der Waals surface area contributed by atoms with Crippen molar-refractivity contribution in [3.05, 3.63) is 18.0 Å². The predicted molar refractivity (Wildman–Crippen MR) is 71.5 cm³/mol. The summed E-state index contributed by atoms with van der Waals surface area (Å²) in [5.41, 5.74) is 0.597. The fourth-order valence-electron chi connectivity index (χ4n) is 2.25. The minimum Gasteiger partial charge on any atom is -0.414 e. The molecule has 21 heavy (non-hydrogen) atoms. The molecule has 0 atom stereocenters. The maximum atomic E-state index is 5.64. The average Bonchev–Trinajstić information content (AvgIpc) is 3.21. The van der Waals surface area contributed by atoms with Crippen molar-refractivity contribution < 1.29 is 4.42 Å². The monoisotopic (exact) mass is 304 g/mol. The van der Waals surface area contributed by atoms with E-state index >= 15 is 0 Å². The minimum absolute atomic E-state index is 0.476. The fourth-order valence-corrected chi connectivity index (χ4v) is 2.91. The summed E-state index contributed by atoms with van der Waals surface area (Å²) >= 11 is 1.30. The Bertz CT molecular complexity index is 749. The molecule has 1 fully saturated rings. The lowest BCUT2D eigenvalue weighted by Crippen LogP contribution is -2.18. The largest absolute Gasteiger partial charge is 0.414 e. The molecule has 0 aromatic carbocycles. The Hall–Kier alpha value is -2.07. The fraction of sp³-hybridized carbons (Fsp3) is 0.455. The third kappa shape index (κ3) is 2.72. The summed E-state index contributed by atoms with van der Waals surface area (Å²) < 4.78 is 7.01. The van der Waals surface area contributed by atoms with E-state index < -0.39 is 0 Å². The normalized spacial score (nSPS) is 16.0. The molecule has 0 radical (unpaired) electrons. The molecule has 1 saturated heterocycles. The number of tetrazole rings is 1. The van der Waals surface area contributed by atoms with Crippen molar-refractivity contribution in [2.75, 3.05) is 13.1 Å². The Morgan fingerprint density at radius 3 is 2.95 bits per heavy atom. The van der Waals surface area contributed by atoms with Crippen molar-refractivity contribution in [1.82, 2.24) is 40.4 Å². The third-order valence-electron chi connectivity index (χ3n) is 3.24. The highest BCUT2D eigenvalue weighted by molar-refractivity contribution is 7.99. The van der Waals surface area contributed by atoms with Crippen LogP contribution in [0.3, 0.4) is 0 Å². The summed E-state index contributed by atoms with van der Waals surface area (Å²) in [6.45, 7) is 2.91. The van der Waals surface area contributed by atoms with Gasteiger partial charge in [0.15, 0.2) is 5.65 Å². The van der Waals surface area contributed by atoms with Gasteiger partial charge < -0.3 is 4.42 Å². The molecule has 0 spiro atoms. The van der Waals surface area contributed by atoms with E-state index in [4.69, 9.17) is 4.42 Å². The minimum atomic E-state index is 0.476. The second-order valence-corrected chi connectivity index (χ2v) is 5.72. The van der Waals surface area contributed by atoms with E-state index in [9.17, 15) is 0 Å². The average molecular weight is 304 g/mol. The first-order chi connectivity index (χ1) is 10.4. The first kappa shape index (κ1) is 12.7. The van der Waals surface area contributed by atoms with Crippen molar-refractivity contribution in [3.63, 3.8) is 0 Å². The summed E-state index contributed by atoms with van der Waals surface area (Å²) in [4.78, 5) is 2.31. The van der Waals surface area contributed by atoms with E-state index in [0.29, 0.717) is 28.3 Å². The van der Waals surface area contributed by atoms with E-state index in [0.717, 1.165) is 13.1 Å². The molecular formula is C11H12N8OS. The molecule has 0 bridgehead atoms. The Balaban J connectivity index is 1.47. The van der Waals surface area contributed by atoms with Gasteiger partial charge in [-0.2, -0.15) is 0 Å². The topological polar surface area (TPSA) is 98.1 Å². The SMILES string of the molecule is c1cc2nnnn2nc1Sc1nnc(CN2CCCC2)o1. The molecule has 0 aliphatic carbocycles. The number of likely N-dealkylation sites (tertiary alicyclic amines) is 1. The van der Waals surface area contributed by atoms with Crippen molar-refractivity contribution in [2.24, 2.45) is 0 Å². The van der Waals surface area contributed by atoms with Crippen LogP contribution in [-0.4, -0.2) is 53.4 Å². The highest BCUT2D eigenvalue weighted by Crippen LogP contribution is 2.25. The van der Waals surface area contributed by atoms with Crippen LogP contribution in [-0.2, 0) is 6.54 Å². The Labute approximate surface area is 123 Å². The van der Waals surface area contributed by atoms with Gasteiger partial charge in [0.1, 0.15) is 5.03 Å². The van der Waals surface area contributed by atoms with Crippen molar-refractivity contribution in [3.8, 4) is 0 Å². The lowest BCUT2D eigenvalue weighted by atomic mass is 10.4. The van der Waals surface area contributed by atoms with Gasteiger partial charge in [-0.25, -0.2) is 0 Å². The molecule has 0 N–H and O–H groups in total. The van der Waals surface area contributed by atoms with Crippen LogP contribution in [0.15, 0.2) is 26.8 Å². The maximum Gasteiger partial charge on any atom is 0.283 e. The van der Waals surface area contributed by atoms with Crippen LogP contribution in [0.1, 0.15) is 18.7 Å². The quantitative estimate of drug-likeness (QED) is 0.687. The predicted octanol–water partition coefficient (Wildman–Crippen LogP) is 0.649. The summed E-state index contributed by atoms with van der Waals surface area (Å²) in [6.07, 6.45) is 2.48. The zero-order valence-electron chi connectivity index (χ0n) is 11.1. The summed E-state index contributed by atoms with van der Waals surface area (Å²) in [5, 5.41) is 24.6. The number of hydrogen-bond donors (Lipinski definition) is 0. The van der Waals surface area contributed by atoms with Crippen LogP contribution >= 0.6 is 11.8 Å². The van der Waals surface area contributed by atoms with Gasteiger partial charge in [0.25, 0.3) is 5.22 Å². The summed E-state index contributed by atoms with van der Waals surface area (Å²) in [5.74, 6) is 0.642. The van der Waals surface area contributed by atoms with Gasteiger partial charge in [0, 0.05) is 0 Å². The Kier molecular flexibility index (Phi) is 3.24. The van der Waals surface area contributed by atoms with Crippen molar-refractivity contribution in [2.45, 2.75) is 29.6 Å². The molecule has 3 aromatic rings. The molecule has 1 aliphatic rings. The molecule has 4 rings (SSSR count). The molecule has 108 valence electrons. The van der Waals surface area contributed by atoms with E-state index in [-0.39, 0.29) is 0 Å². The summed E-state index contributed by atoms with van der Waals surface area (Å²) in [6, 6.07) is 3.61. The number of nitrogens with zero attached hydrogens (tertiary/aromatic N) is 8. The Morgan fingerprint density at radius 1 is 1.14 bits per heavy atom. The molecule has 1 aliphatic heterocycles. The van der Waals surface area contributed by atoms with Gasteiger partial charge in [-0.1, -0.05) is 0 Å². The van der Waals surface area contributed by atoms with Gasteiger partial charge in [0.2, 0.25) is 5.89 Å². The van der Waals surface area contributed by atoms with E-state index in [1.54, 1.807) is 6.07 Å². The lowest BCUT2D eigenvalue weighted by Gasteiger charge is -2.10. The number of rotatable bonds is 4. The third-order valence-corrected chi connectivity index (χ3v) is 4.01. The molecule has 10 heteroatoms. The van der Waals surface area contributed by atoms with E-state index in [1.165, 1.54) is 29.2 Å². The second kappa shape index (κ2) is 5.37. The molecule has 0 amide bonds. The summed E-state index contributed by atoms with van der Waals surface area (Å²) in [7, 11) is 0. The smallest absolute Gasteiger partial charge is 0.283 e. The van der Waals surface area contributed by atoms with E-state index in [1.807, 2.05) is 6.07 Å². The standard InChI is InChI=1S/C11H12N8OS/c1-2-6-18(5-1)7-9-13-14-11(20-9)21-10-4-3-8-12-16-17-19(8)15-10/h3-4H,1-2,5-7H2.